The highest BCUT2D eigenvalue weighted by Gasteiger charge is 2.15. The molecule has 1 heterocycles. The highest BCUT2D eigenvalue weighted by molar-refractivity contribution is 5.95. The zero-order valence-corrected chi connectivity index (χ0v) is 15.7. The third-order valence-electron chi connectivity index (χ3n) is 3.80. The number of carbonyl (C=O) groups excluding carboxylic acids is 2. The molecule has 2 N–H and O–H groups in total. The highest BCUT2D eigenvalue weighted by atomic mass is 16.5. The van der Waals surface area contributed by atoms with Crippen molar-refractivity contribution in [2.24, 2.45) is 11.8 Å². The van der Waals surface area contributed by atoms with Crippen molar-refractivity contribution in [2.75, 3.05) is 17.7 Å². The first kappa shape index (κ1) is 19.5. The molecular weight excluding hydrogens is 332 g/mol. The van der Waals surface area contributed by atoms with Crippen molar-refractivity contribution in [3.05, 3.63) is 36.7 Å². The minimum absolute atomic E-state index is 0.0667. The molecule has 1 atom stereocenters. The van der Waals surface area contributed by atoms with Gasteiger partial charge in [-0.15, -0.1) is 0 Å². The van der Waals surface area contributed by atoms with Crippen LogP contribution in [-0.2, 0) is 16.1 Å². The van der Waals surface area contributed by atoms with E-state index in [1.165, 1.54) is 7.11 Å². The molecule has 2 rings (SSSR count). The van der Waals surface area contributed by atoms with Crippen molar-refractivity contribution in [1.82, 2.24) is 9.78 Å². The van der Waals surface area contributed by atoms with E-state index in [1.54, 1.807) is 29.1 Å². The number of aromatic nitrogens is 2. The van der Waals surface area contributed by atoms with Gasteiger partial charge < -0.3 is 15.4 Å². The number of rotatable bonds is 8. The molecule has 1 aromatic carbocycles. The molecule has 0 spiro atoms. The molecule has 1 unspecified atom stereocenters. The second-order valence-corrected chi connectivity index (χ2v) is 6.68. The van der Waals surface area contributed by atoms with Gasteiger partial charge in [-0.05, 0) is 24.1 Å². The minimum atomic E-state index is -0.244. The van der Waals surface area contributed by atoms with Gasteiger partial charge in [-0.3, -0.25) is 14.3 Å². The number of hydrogen-bond donors (Lipinski definition) is 2. The van der Waals surface area contributed by atoms with Crippen LogP contribution >= 0.6 is 0 Å². The van der Waals surface area contributed by atoms with E-state index >= 15 is 0 Å². The van der Waals surface area contributed by atoms with E-state index in [0.717, 1.165) is 0 Å². The lowest BCUT2D eigenvalue weighted by atomic mass is 10.1. The maximum absolute atomic E-state index is 12.4. The summed E-state index contributed by atoms with van der Waals surface area (Å²) < 4.78 is 7.06. The average Bonchev–Trinajstić information content (AvgIpc) is 3.08. The van der Waals surface area contributed by atoms with Gasteiger partial charge in [-0.1, -0.05) is 20.8 Å². The predicted molar refractivity (Wildman–Crippen MR) is 101 cm³/mol. The Morgan fingerprint density at radius 2 is 2.00 bits per heavy atom. The summed E-state index contributed by atoms with van der Waals surface area (Å²) in [5.41, 5.74) is 1.20. The normalized spacial score (nSPS) is 11.9. The Morgan fingerprint density at radius 3 is 2.62 bits per heavy atom. The molecule has 140 valence electrons. The van der Waals surface area contributed by atoms with E-state index in [1.807, 2.05) is 33.0 Å². The van der Waals surface area contributed by atoms with E-state index in [4.69, 9.17) is 4.74 Å². The Bertz CT molecular complexity index is 741. The van der Waals surface area contributed by atoms with E-state index in [0.29, 0.717) is 30.1 Å². The van der Waals surface area contributed by atoms with Crippen LogP contribution < -0.4 is 15.4 Å². The summed E-state index contributed by atoms with van der Waals surface area (Å²) in [5, 5.41) is 9.82. The Kier molecular flexibility index (Phi) is 6.77. The summed E-state index contributed by atoms with van der Waals surface area (Å²) >= 11 is 0. The van der Waals surface area contributed by atoms with Gasteiger partial charge in [-0.25, -0.2) is 0 Å². The lowest BCUT2D eigenvalue weighted by Crippen LogP contribution is -2.24. The fourth-order valence-corrected chi connectivity index (χ4v) is 2.48. The smallest absolute Gasteiger partial charge is 0.229 e. The number of anilines is 2. The van der Waals surface area contributed by atoms with Gasteiger partial charge in [0.1, 0.15) is 5.75 Å². The van der Waals surface area contributed by atoms with Crippen LogP contribution in [0, 0.1) is 11.8 Å². The fourth-order valence-electron chi connectivity index (χ4n) is 2.48. The number of ether oxygens (including phenoxy) is 1. The average molecular weight is 358 g/mol. The fraction of sp³-hybridized carbons (Fsp3) is 0.421. The van der Waals surface area contributed by atoms with Crippen LogP contribution in [0.3, 0.4) is 0 Å². The van der Waals surface area contributed by atoms with Crippen molar-refractivity contribution in [1.29, 1.82) is 0 Å². The summed E-state index contributed by atoms with van der Waals surface area (Å²) in [5.74, 6) is 0.351. The second kappa shape index (κ2) is 9.03. The molecule has 7 heteroatoms. The highest BCUT2D eigenvalue weighted by Crippen LogP contribution is 2.28. The first-order valence-corrected chi connectivity index (χ1v) is 8.65. The van der Waals surface area contributed by atoms with Gasteiger partial charge in [0.05, 0.1) is 25.3 Å². The van der Waals surface area contributed by atoms with Gasteiger partial charge in [0.15, 0.2) is 0 Å². The number of benzene rings is 1. The Balaban J connectivity index is 2.01. The van der Waals surface area contributed by atoms with Crippen LogP contribution in [0.5, 0.6) is 5.75 Å². The number of amides is 2. The van der Waals surface area contributed by atoms with E-state index in [2.05, 4.69) is 15.7 Å². The SMILES string of the molecule is COc1cc(NC(=O)C(C)Cn2cccn2)ccc1NC(=O)CC(C)C. The summed E-state index contributed by atoms with van der Waals surface area (Å²) in [6.07, 6.45) is 3.94. The summed E-state index contributed by atoms with van der Waals surface area (Å²) in [6.45, 7) is 6.31. The summed E-state index contributed by atoms with van der Waals surface area (Å²) in [6, 6.07) is 6.99. The number of nitrogens with zero attached hydrogens (tertiary/aromatic N) is 2. The molecule has 0 bridgehead atoms. The summed E-state index contributed by atoms with van der Waals surface area (Å²) in [4.78, 5) is 24.3. The lowest BCUT2D eigenvalue weighted by Gasteiger charge is -2.15. The van der Waals surface area contributed by atoms with Crippen LogP contribution in [0.4, 0.5) is 11.4 Å². The predicted octanol–water partition coefficient (Wildman–Crippen LogP) is 3.15. The molecule has 0 saturated heterocycles. The molecular formula is C19H26N4O3. The molecule has 0 saturated carbocycles. The molecule has 1 aromatic heterocycles. The van der Waals surface area contributed by atoms with E-state index in [9.17, 15) is 9.59 Å². The second-order valence-electron chi connectivity index (χ2n) is 6.68. The maximum atomic E-state index is 12.4. The van der Waals surface area contributed by atoms with Crippen molar-refractivity contribution in [2.45, 2.75) is 33.7 Å². The van der Waals surface area contributed by atoms with Crippen LogP contribution in [0.2, 0.25) is 0 Å². The maximum Gasteiger partial charge on any atom is 0.229 e. The first-order chi connectivity index (χ1) is 12.4. The van der Waals surface area contributed by atoms with Gasteiger partial charge in [0.2, 0.25) is 11.8 Å². The Hall–Kier alpha value is -2.83. The first-order valence-electron chi connectivity index (χ1n) is 8.65. The number of hydrogen-bond acceptors (Lipinski definition) is 4. The van der Waals surface area contributed by atoms with Gasteiger partial charge in [-0.2, -0.15) is 5.10 Å². The molecule has 0 aliphatic carbocycles. The zero-order chi connectivity index (χ0) is 19.1. The molecule has 0 aliphatic heterocycles. The van der Waals surface area contributed by atoms with Gasteiger partial charge in [0.25, 0.3) is 0 Å². The molecule has 7 nitrogen and oxygen atoms in total. The third-order valence-corrected chi connectivity index (χ3v) is 3.80. The molecule has 0 fully saturated rings. The van der Waals surface area contributed by atoms with Crippen molar-refractivity contribution >= 4 is 23.2 Å². The van der Waals surface area contributed by atoms with Crippen molar-refractivity contribution < 1.29 is 14.3 Å². The standard InChI is InChI=1S/C19H26N4O3/c1-13(2)10-18(24)22-16-7-6-15(11-17(16)26-4)21-19(25)14(3)12-23-9-5-8-20-23/h5-9,11,13-14H,10,12H2,1-4H3,(H,21,25)(H,22,24). The minimum Gasteiger partial charge on any atom is -0.494 e. The molecule has 2 amide bonds. The van der Waals surface area contributed by atoms with E-state index < -0.39 is 0 Å². The molecule has 2 aromatic rings. The van der Waals surface area contributed by atoms with Crippen LogP contribution in [0.15, 0.2) is 36.7 Å². The van der Waals surface area contributed by atoms with Crippen LogP contribution in [-0.4, -0.2) is 28.7 Å². The number of methoxy groups -OCH3 is 1. The van der Waals surface area contributed by atoms with Gasteiger partial charge in [0, 0.05) is 30.6 Å². The molecule has 0 aliphatic rings. The third kappa shape index (κ3) is 5.61. The summed E-state index contributed by atoms with van der Waals surface area (Å²) in [7, 11) is 1.53. The zero-order valence-electron chi connectivity index (χ0n) is 15.7. The topological polar surface area (TPSA) is 85.2 Å². The quantitative estimate of drug-likeness (QED) is 0.759. The Morgan fingerprint density at radius 1 is 1.23 bits per heavy atom. The Labute approximate surface area is 153 Å². The van der Waals surface area contributed by atoms with Crippen LogP contribution in [0.1, 0.15) is 27.2 Å². The van der Waals surface area contributed by atoms with Gasteiger partial charge >= 0.3 is 0 Å². The van der Waals surface area contributed by atoms with E-state index in [-0.39, 0.29) is 23.7 Å². The van der Waals surface area contributed by atoms with Crippen LogP contribution in [0.25, 0.3) is 0 Å². The number of carbonyl (C=O) groups is 2. The molecule has 26 heavy (non-hydrogen) atoms. The number of nitrogens with one attached hydrogen (secondary N) is 2. The van der Waals surface area contributed by atoms with Crippen molar-refractivity contribution in [3.63, 3.8) is 0 Å². The van der Waals surface area contributed by atoms with Crippen molar-refractivity contribution in [3.8, 4) is 5.75 Å². The monoisotopic (exact) mass is 358 g/mol. The largest absolute Gasteiger partial charge is 0.494 e. The molecule has 0 radical (unpaired) electrons. The lowest BCUT2D eigenvalue weighted by molar-refractivity contribution is -0.120.